The van der Waals surface area contributed by atoms with Crippen LogP contribution in [0.15, 0.2) is 0 Å². The number of aromatic nitrogens is 2. The van der Waals surface area contributed by atoms with Gasteiger partial charge in [0.15, 0.2) is 5.82 Å². The Balaban J connectivity index is 2.72. The summed E-state index contributed by atoms with van der Waals surface area (Å²) < 4.78 is 5.52. The monoisotopic (exact) mass is 279 g/mol. The highest BCUT2D eigenvalue weighted by Crippen LogP contribution is 2.21. The zero-order valence-corrected chi connectivity index (χ0v) is 13.6. The highest BCUT2D eigenvalue weighted by Gasteiger charge is 2.14. The highest BCUT2D eigenvalue weighted by molar-refractivity contribution is 5.28. The van der Waals surface area contributed by atoms with Gasteiger partial charge in [-0.05, 0) is 44.7 Å². The van der Waals surface area contributed by atoms with Crippen LogP contribution in [0.25, 0.3) is 0 Å². The molecule has 4 heteroatoms. The molecule has 0 fully saturated rings. The number of ether oxygens (including phenoxy) is 1. The van der Waals surface area contributed by atoms with Crippen LogP contribution in [0, 0.1) is 13.8 Å². The molecule has 4 nitrogen and oxygen atoms in total. The Morgan fingerprint density at radius 2 is 1.75 bits per heavy atom. The summed E-state index contributed by atoms with van der Waals surface area (Å²) in [6.07, 6.45) is 2.19. The molecule has 1 aromatic heterocycles. The lowest BCUT2D eigenvalue weighted by molar-refractivity contribution is 0.115. The van der Waals surface area contributed by atoms with Gasteiger partial charge in [0, 0.05) is 24.5 Å². The Morgan fingerprint density at radius 3 is 2.30 bits per heavy atom. The Kier molecular flexibility index (Phi) is 7.70. The molecule has 0 amide bonds. The third-order valence-corrected chi connectivity index (χ3v) is 3.32. The fraction of sp³-hybridized carbons (Fsp3) is 0.750. The van der Waals surface area contributed by atoms with Gasteiger partial charge in [0.1, 0.15) is 6.61 Å². The number of nitrogens with zero attached hydrogens (tertiary/aromatic N) is 2. The summed E-state index contributed by atoms with van der Waals surface area (Å²) in [6.45, 7) is 14.0. The van der Waals surface area contributed by atoms with Gasteiger partial charge >= 0.3 is 0 Å². The van der Waals surface area contributed by atoms with E-state index in [-0.39, 0.29) is 0 Å². The van der Waals surface area contributed by atoms with E-state index in [4.69, 9.17) is 4.74 Å². The Labute approximate surface area is 123 Å². The van der Waals surface area contributed by atoms with Crippen LogP contribution < -0.4 is 5.32 Å². The molecule has 1 atom stereocenters. The van der Waals surface area contributed by atoms with Crippen LogP contribution >= 0.6 is 0 Å². The molecule has 0 aliphatic heterocycles. The molecule has 1 N–H and O–H groups in total. The van der Waals surface area contributed by atoms with Gasteiger partial charge < -0.3 is 10.1 Å². The van der Waals surface area contributed by atoms with Crippen LogP contribution in [0.4, 0.5) is 0 Å². The van der Waals surface area contributed by atoms with Gasteiger partial charge in [0.2, 0.25) is 0 Å². The van der Waals surface area contributed by atoms with Gasteiger partial charge in [-0.1, -0.05) is 20.8 Å². The van der Waals surface area contributed by atoms with E-state index in [1.807, 2.05) is 0 Å². The Bertz CT molecular complexity index is 384. The maximum atomic E-state index is 5.52. The Morgan fingerprint density at radius 1 is 1.10 bits per heavy atom. The largest absolute Gasteiger partial charge is 0.373 e. The third kappa shape index (κ3) is 5.17. The first kappa shape index (κ1) is 17.1. The number of hydrogen-bond donors (Lipinski definition) is 1. The summed E-state index contributed by atoms with van der Waals surface area (Å²) in [5.74, 6) is 1.23. The molecule has 1 unspecified atom stereocenters. The predicted molar refractivity (Wildman–Crippen MR) is 83.0 cm³/mol. The highest BCUT2D eigenvalue weighted by atomic mass is 16.5. The molecule has 0 aromatic carbocycles. The van der Waals surface area contributed by atoms with Crippen LogP contribution in [-0.4, -0.2) is 29.7 Å². The minimum absolute atomic E-state index is 0.437. The van der Waals surface area contributed by atoms with Crippen LogP contribution in [0.5, 0.6) is 0 Å². The van der Waals surface area contributed by atoms with Crippen molar-refractivity contribution < 1.29 is 4.74 Å². The van der Waals surface area contributed by atoms with Gasteiger partial charge in [-0.2, -0.15) is 0 Å². The van der Waals surface area contributed by atoms with Crippen molar-refractivity contribution >= 4 is 0 Å². The van der Waals surface area contributed by atoms with E-state index < -0.39 is 0 Å². The topological polar surface area (TPSA) is 47.0 Å². The van der Waals surface area contributed by atoms with Crippen molar-refractivity contribution in [2.24, 2.45) is 0 Å². The van der Waals surface area contributed by atoms with Crippen molar-refractivity contribution in [1.29, 1.82) is 0 Å². The average molecular weight is 279 g/mol. The van der Waals surface area contributed by atoms with Crippen molar-refractivity contribution in [2.75, 3.05) is 19.7 Å². The van der Waals surface area contributed by atoms with Crippen molar-refractivity contribution in [2.45, 2.75) is 60.0 Å². The summed E-state index contributed by atoms with van der Waals surface area (Å²) in [6, 6.07) is 0. The van der Waals surface area contributed by atoms with Gasteiger partial charge in [0.25, 0.3) is 0 Å². The molecule has 0 bridgehead atoms. The summed E-state index contributed by atoms with van der Waals surface area (Å²) in [7, 11) is 0. The molecular weight excluding hydrogens is 250 g/mol. The zero-order chi connectivity index (χ0) is 15.0. The molecule has 0 saturated carbocycles. The Hall–Kier alpha value is -1.00. The second-order valence-corrected chi connectivity index (χ2v) is 5.38. The average Bonchev–Trinajstić information content (AvgIpc) is 2.38. The lowest BCUT2D eigenvalue weighted by Crippen LogP contribution is -2.22. The first-order valence-electron chi connectivity index (χ1n) is 7.72. The first-order valence-corrected chi connectivity index (χ1v) is 7.72. The van der Waals surface area contributed by atoms with E-state index in [9.17, 15) is 0 Å². The van der Waals surface area contributed by atoms with Gasteiger partial charge in [0.05, 0.1) is 0 Å². The number of rotatable bonds is 9. The van der Waals surface area contributed by atoms with Crippen LogP contribution in [0.3, 0.4) is 0 Å². The smallest absolute Gasteiger partial charge is 0.154 e. The van der Waals surface area contributed by atoms with Crippen molar-refractivity contribution in [3.05, 3.63) is 22.8 Å². The molecule has 114 valence electrons. The van der Waals surface area contributed by atoms with E-state index in [1.165, 1.54) is 5.56 Å². The zero-order valence-electron chi connectivity index (χ0n) is 13.6. The van der Waals surface area contributed by atoms with E-state index in [0.29, 0.717) is 12.5 Å². The molecule has 1 rings (SSSR count). The van der Waals surface area contributed by atoms with E-state index >= 15 is 0 Å². The molecular formula is C16H29N3O. The quantitative estimate of drug-likeness (QED) is 0.706. The summed E-state index contributed by atoms with van der Waals surface area (Å²) in [5.41, 5.74) is 3.43. The van der Waals surface area contributed by atoms with Gasteiger partial charge in [-0.15, -0.1) is 0 Å². The minimum atomic E-state index is 0.437. The molecule has 0 aliphatic carbocycles. The molecule has 1 heterocycles. The van der Waals surface area contributed by atoms with Crippen molar-refractivity contribution in [3.8, 4) is 0 Å². The normalized spacial score (nSPS) is 12.7. The fourth-order valence-corrected chi connectivity index (χ4v) is 2.48. The molecule has 1 aromatic rings. The first-order chi connectivity index (χ1) is 9.60. The number of hydrogen-bond acceptors (Lipinski definition) is 4. The second kappa shape index (κ2) is 9.03. The van der Waals surface area contributed by atoms with Crippen molar-refractivity contribution in [1.82, 2.24) is 15.3 Å². The maximum absolute atomic E-state index is 5.52. The minimum Gasteiger partial charge on any atom is -0.373 e. The predicted octanol–water partition coefficient (Wildman–Crippen LogP) is 3.12. The summed E-state index contributed by atoms with van der Waals surface area (Å²) >= 11 is 0. The molecule has 20 heavy (non-hydrogen) atoms. The van der Waals surface area contributed by atoms with Crippen LogP contribution in [0.2, 0.25) is 0 Å². The maximum Gasteiger partial charge on any atom is 0.154 e. The molecule has 0 aliphatic rings. The summed E-state index contributed by atoms with van der Waals surface area (Å²) in [4.78, 5) is 9.18. The van der Waals surface area contributed by atoms with E-state index in [1.54, 1.807) is 0 Å². The van der Waals surface area contributed by atoms with E-state index in [2.05, 4.69) is 49.9 Å². The lowest BCUT2D eigenvalue weighted by atomic mass is 9.98. The van der Waals surface area contributed by atoms with Gasteiger partial charge in [-0.3, -0.25) is 0 Å². The lowest BCUT2D eigenvalue weighted by Gasteiger charge is -2.18. The standard InChI is InChI=1S/C16H29N3O/c1-6-8-17-10-12(3)16-13(4)18-15(19-14(16)5)11-20-9-7-2/h12,17H,6-11H2,1-5H3. The van der Waals surface area contributed by atoms with E-state index in [0.717, 1.165) is 49.8 Å². The second-order valence-electron chi connectivity index (χ2n) is 5.38. The van der Waals surface area contributed by atoms with Crippen LogP contribution in [-0.2, 0) is 11.3 Å². The third-order valence-electron chi connectivity index (χ3n) is 3.32. The number of aryl methyl sites for hydroxylation is 2. The van der Waals surface area contributed by atoms with Crippen LogP contribution in [0.1, 0.15) is 62.3 Å². The molecule has 0 spiro atoms. The number of nitrogens with one attached hydrogen (secondary N) is 1. The fourth-order valence-electron chi connectivity index (χ4n) is 2.48. The summed E-state index contributed by atoms with van der Waals surface area (Å²) in [5, 5.41) is 3.46. The molecule has 0 radical (unpaired) electrons. The SMILES string of the molecule is CCCNCC(C)c1c(C)nc(COCCC)nc1C. The molecule has 0 saturated heterocycles. The van der Waals surface area contributed by atoms with Crippen molar-refractivity contribution in [3.63, 3.8) is 0 Å². The van der Waals surface area contributed by atoms with Gasteiger partial charge in [-0.25, -0.2) is 9.97 Å².